The summed E-state index contributed by atoms with van der Waals surface area (Å²) < 4.78 is 5.39. The minimum Gasteiger partial charge on any atom is -0.456 e. The van der Waals surface area contributed by atoms with E-state index in [2.05, 4.69) is 6.58 Å². The van der Waals surface area contributed by atoms with Crippen LogP contribution < -0.4 is 5.73 Å². The van der Waals surface area contributed by atoms with E-state index in [1.165, 1.54) is 0 Å². The van der Waals surface area contributed by atoms with Crippen molar-refractivity contribution in [1.82, 2.24) is 0 Å². The summed E-state index contributed by atoms with van der Waals surface area (Å²) in [6.45, 7) is 3.55. The predicted octanol–water partition coefficient (Wildman–Crippen LogP) is 1.93. The zero-order chi connectivity index (χ0) is 10.1. The van der Waals surface area contributed by atoms with E-state index in [9.17, 15) is 4.79 Å². The molecule has 14 heavy (non-hydrogen) atoms. The van der Waals surface area contributed by atoms with Crippen molar-refractivity contribution in [2.75, 3.05) is 0 Å². The van der Waals surface area contributed by atoms with E-state index in [4.69, 9.17) is 10.2 Å². The van der Waals surface area contributed by atoms with Crippen molar-refractivity contribution in [3.8, 4) is 0 Å². The average molecular weight is 187 g/mol. The molecule has 0 spiro atoms. The Bertz CT molecular complexity index is 478. The Hall–Kier alpha value is -2.03. The number of carbonyl (C=O) groups excluding carboxylic acids is 1. The Morgan fingerprint density at radius 1 is 1.36 bits per heavy atom. The normalized spacial score (nSPS) is 10.3. The number of nitrogens with two attached hydrogens (primary N) is 1. The molecule has 1 aromatic heterocycles. The maximum atomic E-state index is 10.8. The van der Waals surface area contributed by atoms with Crippen LogP contribution in [0.3, 0.4) is 0 Å². The molecule has 2 N–H and O–H groups in total. The number of carbonyl (C=O) groups is 1. The molecule has 0 radical (unpaired) electrons. The van der Waals surface area contributed by atoms with Crippen LogP contribution in [0.2, 0.25) is 0 Å². The molecule has 0 saturated heterocycles. The molecule has 1 heterocycles. The smallest absolute Gasteiger partial charge is 0.251 e. The zero-order valence-corrected chi connectivity index (χ0v) is 7.49. The van der Waals surface area contributed by atoms with Crippen LogP contribution in [0.4, 0.5) is 0 Å². The first-order valence-electron chi connectivity index (χ1n) is 4.16. The molecule has 0 bridgehead atoms. The van der Waals surface area contributed by atoms with Gasteiger partial charge in [-0.3, -0.25) is 4.79 Å². The van der Waals surface area contributed by atoms with Crippen LogP contribution in [0.15, 0.2) is 41.3 Å². The highest BCUT2D eigenvalue weighted by Crippen LogP contribution is 2.23. The monoisotopic (exact) mass is 187 g/mol. The van der Waals surface area contributed by atoms with E-state index in [1.807, 2.05) is 24.3 Å². The summed E-state index contributed by atoms with van der Waals surface area (Å²) in [5.74, 6) is -0.136. The summed E-state index contributed by atoms with van der Waals surface area (Å²) in [6.07, 6.45) is 0. The molecule has 0 atom stereocenters. The fourth-order valence-corrected chi connectivity index (χ4v) is 1.25. The van der Waals surface area contributed by atoms with Gasteiger partial charge in [-0.2, -0.15) is 0 Å². The first-order valence-corrected chi connectivity index (χ1v) is 4.16. The average Bonchev–Trinajstić information content (AvgIpc) is 2.59. The van der Waals surface area contributed by atoms with Crippen molar-refractivity contribution < 1.29 is 9.21 Å². The van der Waals surface area contributed by atoms with Crippen molar-refractivity contribution in [1.29, 1.82) is 0 Å². The number of benzene rings is 1. The van der Waals surface area contributed by atoms with Gasteiger partial charge >= 0.3 is 0 Å². The summed E-state index contributed by atoms with van der Waals surface area (Å²) in [4.78, 5) is 10.8. The van der Waals surface area contributed by atoms with Gasteiger partial charge in [-0.25, -0.2) is 0 Å². The quantitative estimate of drug-likeness (QED) is 0.730. The number of amides is 1. The van der Waals surface area contributed by atoms with Crippen molar-refractivity contribution in [2.45, 2.75) is 0 Å². The summed E-state index contributed by atoms with van der Waals surface area (Å²) in [5.41, 5.74) is 6.01. The maximum Gasteiger partial charge on any atom is 0.251 e. The van der Waals surface area contributed by atoms with Crippen molar-refractivity contribution in [3.05, 3.63) is 42.7 Å². The fourth-order valence-electron chi connectivity index (χ4n) is 1.25. The predicted molar refractivity (Wildman–Crippen MR) is 54.4 cm³/mol. The second-order valence-corrected chi connectivity index (χ2v) is 2.99. The van der Waals surface area contributed by atoms with Gasteiger partial charge in [0.1, 0.15) is 11.3 Å². The van der Waals surface area contributed by atoms with Gasteiger partial charge in [0.2, 0.25) is 0 Å². The SMILES string of the molecule is C=C(C(N)=O)c1cc2ccccc2o1. The van der Waals surface area contributed by atoms with Gasteiger partial charge in [-0.1, -0.05) is 24.8 Å². The summed E-state index contributed by atoms with van der Waals surface area (Å²) in [7, 11) is 0. The number of para-hydroxylation sites is 1. The van der Waals surface area contributed by atoms with Gasteiger partial charge in [0.15, 0.2) is 0 Å². The molecule has 2 aromatic rings. The minimum absolute atomic E-state index is 0.196. The van der Waals surface area contributed by atoms with Crippen LogP contribution >= 0.6 is 0 Å². The van der Waals surface area contributed by atoms with Gasteiger partial charge < -0.3 is 10.2 Å². The largest absolute Gasteiger partial charge is 0.456 e. The molecule has 1 aromatic carbocycles. The molecule has 3 nitrogen and oxygen atoms in total. The van der Waals surface area contributed by atoms with E-state index in [-0.39, 0.29) is 5.57 Å². The first kappa shape index (κ1) is 8.56. The third kappa shape index (κ3) is 1.29. The van der Waals surface area contributed by atoms with Gasteiger partial charge in [0, 0.05) is 5.39 Å². The number of hydrogen-bond acceptors (Lipinski definition) is 2. The topological polar surface area (TPSA) is 56.2 Å². The van der Waals surface area contributed by atoms with Crippen molar-refractivity contribution >= 4 is 22.4 Å². The standard InChI is InChI=1S/C11H9NO2/c1-7(11(12)13)10-6-8-4-2-3-5-9(8)14-10/h2-6H,1H2,(H2,12,13). The molecule has 1 amide bonds. The fraction of sp³-hybridized carbons (Fsp3) is 0. The second-order valence-electron chi connectivity index (χ2n) is 2.99. The minimum atomic E-state index is -0.566. The summed E-state index contributed by atoms with van der Waals surface area (Å²) in [5, 5.41) is 0.935. The Balaban J connectivity index is 2.55. The van der Waals surface area contributed by atoms with Gasteiger partial charge in [-0.05, 0) is 12.1 Å². The number of primary amides is 1. The van der Waals surface area contributed by atoms with Crippen LogP contribution in [0, 0.1) is 0 Å². The zero-order valence-electron chi connectivity index (χ0n) is 7.49. The number of fused-ring (bicyclic) bond motifs is 1. The molecular weight excluding hydrogens is 178 g/mol. The lowest BCUT2D eigenvalue weighted by Crippen LogP contribution is -2.11. The van der Waals surface area contributed by atoms with Crippen LogP contribution in [0.25, 0.3) is 16.5 Å². The van der Waals surface area contributed by atoms with Crippen LogP contribution in [-0.2, 0) is 4.79 Å². The van der Waals surface area contributed by atoms with E-state index < -0.39 is 5.91 Å². The highest BCUT2D eigenvalue weighted by atomic mass is 16.3. The van der Waals surface area contributed by atoms with Gasteiger partial charge in [-0.15, -0.1) is 0 Å². The third-order valence-corrected chi connectivity index (χ3v) is 2.02. The molecule has 0 aliphatic rings. The first-order chi connectivity index (χ1) is 6.68. The van der Waals surface area contributed by atoms with Crippen LogP contribution in [0.5, 0.6) is 0 Å². The Morgan fingerprint density at radius 2 is 2.07 bits per heavy atom. The summed E-state index contributed by atoms with van der Waals surface area (Å²) >= 11 is 0. The molecule has 0 aliphatic carbocycles. The molecule has 0 fully saturated rings. The lowest BCUT2D eigenvalue weighted by Gasteiger charge is -1.93. The third-order valence-electron chi connectivity index (χ3n) is 2.02. The lowest BCUT2D eigenvalue weighted by atomic mass is 10.2. The Morgan fingerprint density at radius 3 is 2.71 bits per heavy atom. The van der Waals surface area contributed by atoms with Crippen molar-refractivity contribution in [3.63, 3.8) is 0 Å². The van der Waals surface area contributed by atoms with Crippen molar-refractivity contribution in [2.24, 2.45) is 5.73 Å². The second kappa shape index (κ2) is 3.03. The van der Waals surface area contributed by atoms with E-state index in [0.717, 1.165) is 11.0 Å². The number of hydrogen-bond donors (Lipinski definition) is 1. The highest BCUT2D eigenvalue weighted by molar-refractivity contribution is 6.17. The van der Waals surface area contributed by atoms with Crippen LogP contribution in [0.1, 0.15) is 5.76 Å². The summed E-state index contributed by atoms with van der Waals surface area (Å²) in [6, 6.07) is 9.24. The molecule has 0 aliphatic heterocycles. The Labute approximate surface area is 80.8 Å². The molecule has 70 valence electrons. The van der Waals surface area contributed by atoms with Crippen LogP contribution in [-0.4, -0.2) is 5.91 Å². The lowest BCUT2D eigenvalue weighted by molar-refractivity contribution is -0.112. The molecule has 2 rings (SSSR count). The number of rotatable bonds is 2. The highest BCUT2D eigenvalue weighted by Gasteiger charge is 2.10. The van der Waals surface area contributed by atoms with E-state index in [0.29, 0.717) is 5.76 Å². The maximum absolute atomic E-state index is 10.8. The van der Waals surface area contributed by atoms with Gasteiger partial charge in [0.05, 0.1) is 5.57 Å². The van der Waals surface area contributed by atoms with Gasteiger partial charge in [0.25, 0.3) is 5.91 Å². The molecular formula is C11H9NO2. The Kier molecular flexibility index (Phi) is 1.85. The molecule has 0 unspecified atom stereocenters. The molecule has 3 heteroatoms. The van der Waals surface area contributed by atoms with E-state index >= 15 is 0 Å². The van der Waals surface area contributed by atoms with E-state index in [1.54, 1.807) is 6.07 Å². The number of furan rings is 1. The molecule has 0 saturated carbocycles.